The summed E-state index contributed by atoms with van der Waals surface area (Å²) in [6, 6.07) is 14.0. The first-order valence-electron chi connectivity index (χ1n) is 11.7. The number of nitrogens with zero attached hydrogens (tertiary/aromatic N) is 3. The van der Waals surface area contributed by atoms with E-state index in [1.54, 1.807) is 4.90 Å². The van der Waals surface area contributed by atoms with E-state index in [1.165, 1.54) is 24.0 Å². The van der Waals surface area contributed by atoms with Crippen LogP contribution in [0, 0.1) is 5.92 Å². The van der Waals surface area contributed by atoms with Crippen LogP contribution in [0.15, 0.2) is 47.0 Å². The van der Waals surface area contributed by atoms with Crippen molar-refractivity contribution in [2.75, 3.05) is 26.3 Å². The number of carbonyl (C=O) groups excluding carboxylic acids is 1. The van der Waals surface area contributed by atoms with Gasteiger partial charge < -0.3 is 19.3 Å². The zero-order chi connectivity index (χ0) is 22.4. The number of aliphatic hydroxyl groups is 1. The molecule has 3 aromatic rings. The molecule has 2 fully saturated rings. The predicted octanol–water partition coefficient (Wildman–Crippen LogP) is 3.60. The first-order chi connectivity index (χ1) is 16.1. The molecule has 2 heterocycles. The molecule has 0 unspecified atom stereocenters. The summed E-state index contributed by atoms with van der Waals surface area (Å²) >= 11 is 0. The number of rotatable bonds is 7. The lowest BCUT2D eigenvalue weighted by Gasteiger charge is -2.24. The van der Waals surface area contributed by atoms with Gasteiger partial charge in [-0.25, -0.2) is 0 Å². The maximum atomic E-state index is 12.5. The van der Waals surface area contributed by atoms with Crippen LogP contribution in [0.4, 0.5) is 0 Å². The average molecular weight is 446 g/mol. The lowest BCUT2D eigenvalue weighted by Crippen LogP contribution is -2.32. The lowest BCUT2D eigenvalue weighted by molar-refractivity contribution is -0.128. The molecule has 7 nitrogen and oxygen atoms in total. The van der Waals surface area contributed by atoms with Gasteiger partial charge in [-0.1, -0.05) is 23.4 Å². The van der Waals surface area contributed by atoms with Gasteiger partial charge in [-0.3, -0.25) is 4.79 Å². The van der Waals surface area contributed by atoms with Gasteiger partial charge in [-0.2, -0.15) is 4.98 Å². The van der Waals surface area contributed by atoms with E-state index in [1.807, 2.05) is 36.4 Å². The van der Waals surface area contributed by atoms with Crippen LogP contribution in [0.5, 0.6) is 5.75 Å². The number of likely N-dealkylation sites (tertiary alicyclic amines) is 1. The highest BCUT2D eigenvalue weighted by atomic mass is 16.5. The van der Waals surface area contributed by atoms with E-state index in [0.717, 1.165) is 42.2 Å². The Morgan fingerprint density at radius 1 is 1.18 bits per heavy atom. The zero-order valence-electron chi connectivity index (χ0n) is 18.5. The maximum absolute atomic E-state index is 12.5. The highest BCUT2D eigenvalue weighted by molar-refractivity contribution is 5.82. The fourth-order valence-electron chi connectivity index (χ4n) is 5.29. The Morgan fingerprint density at radius 3 is 2.82 bits per heavy atom. The molecule has 170 valence electrons. The van der Waals surface area contributed by atoms with Crippen LogP contribution in [-0.2, 0) is 16.6 Å². The van der Waals surface area contributed by atoms with Gasteiger partial charge in [-0.05, 0) is 67.0 Å². The van der Waals surface area contributed by atoms with Gasteiger partial charge in [0.2, 0.25) is 11.7 Å². The summed E-state index contributed by atoms with van der Waals surface area (Å²) in [4.78, 5) is 19.0. The SMILES string of the molecule is O=C1C[C@@]2(CCc3c(-c4noc(-c5ccc(OCC6CC6)cc5)n4)cccc32)CN1CCO. The quantitative estimate of drug-likeness (QED) is 0.598. The van der Waals surface area contributed by atoms with E-state index in [-0.39, 0.29) is 17.9 Å². The molecule has 3 aliphatic rings. The molecule has 2 aromatic carbocycles. The van der Waals surface area contributed by atoms with Gasteiger partial charge >= 0.3 is 0 Å². The minimum absolute atomic E-state index is 0.00598. The molecule has 1 saturated carbocycles. The Balaban J connectivity index is 1.25. The molecule has 1 N–H and O–H groups in total. The molecule has 2 aliphatic carbocycles. The van der Waals surface area contributed by atoms with Crippen molar-refractivity contribution in [1.29, 1.82) is 0 Å². The highest BCUT2D eigenvalue weighted by Gasteiger charge is 2.48. The zero-order valence-corrected chi connectivity index (χ0v) is 18.5. The number of benzene rings is 2. The lowest BCUT2D eigenvalue weighted by atomic mass is 9.80. The molecule has 1 aromatic heterocycles. The number of β-amino-alcohol motifs (C(OH)–C–C–N with tert-alkyl or cyclic N) is 1. The molecule has 33 heavy (non-hydrogen) atoms. The molecule has 1 saturated heterocycles. The minimum Gasteiger partial charge on any atom is -0.493 e. The van der Waals surface area contributed by atoms with Crippen molar-refractivity contribution in [2.45, 2.75) is 37.5 Å². The summed E-state index contributed by atoms with van der Waals surface area (Å²) in [7, 11) is 0. The van der Waals surface area contributed by atoms with Gasteiger partial charge in [0, 0.05) is 36.1 Å². The van der Waals surface area contributed by atoms with Crippen molar-refractivity contribution < 1.29 is 19.2 Å². The van der Waals surface area contributed by atoms with Crippen LogP contribution in [-0.4, -0.2) is 52.4 Å². The molecule has 0 bridgehead atoms. The van der Waals surface area contributed by atoms with Crippen LogP contribution in [0.3, 0.4) is 0 Å². The number of amides is 1. The molecule has 1 amide bonds. The molecule has 1 atom stereocenters. The monoisotopic (exact) mass is 445 g/mol. The van der Waals surface area contributed by atoms with Crippen molar-refractivity contribution in [3.63, 3.8) is 0 Å². The third-order valence-electron chi connectivity index (χ3n) is 7.26. The molecular weight excluding hydrogens is 418 g/mol. The van der Waals surface area contributed by atoms with Crippen LogP contribution in [0.25, 0.3) is 22.8 Å². The molecule has 7 heteroatoms. The van der Waals surface area contributed by atoms with E-state index in [9.17, 15) is 9.90 Å². The second kappa shape index (κ2) is 7.99. The third-order valence-corrected chi connectivity index (χ3v) is 7.26. The Labute approximate surface area is 192 Å². The number of hydrogen-bond donors (Lipinski definition) is 1. The Bertz CT molecular complexity index is 1180. The maximum Gasteiger partial charge on any atom is 0.258 e. The van der Waals surface area contributed by atoms with E-state index in [4.69, 9.17) is 9.26 Å². The van der Waals surface area contributed by atoms with Crippen LogP contribution in [0.1, 0.15) is 36.8 Å². The van der Waals surface area contributed by atoms with Crippen molar-refractivity contribution in [3.05, 3.63) is 53.6 Å². The van der Waals surface area contributed by atoms with Crippen LogP contribution >= 0.6 is 0 Å². The van der Waals surface area contributed by atoms with Crippen molar-refractivity contribution >= 4 is 5.91 Å². The van der Waals surface area contributed by atoms with Gasteiger partial charge in [0.15, 0.2) is 0 Å². The second-order valence-electron chi connectivity index (χ2n) is 9.53. The first kappa shape index (κ1) is 20.4. The Morgan fingerprint density at radius 2 is 2.03 bits per heavy atom. The fraction of sp³-hybridized carbons (Fsp3) is 0.423. The molecule has 6 rings (SSSR count). The topological polar surface area (TPSA) is 88.7 Å². The molecular formula is C26H27N3O4. The normalized spacial score (nSPS) is 21.7. The summed E-state index contributed by atoms with van der Waals surface area (Å²) < 4.78 is 11.4. The highest BCUT2D eigenvalue weighted by Crippen LogP contribution is 2.48. The van der Waals surface area contributed by atoms with Crippen molar-refractivity contribution in [2.24, 2.45) is 5.92 Å². The van der Waals surface area contributed by atoms with Crippen molar-refractivity contribution in [1.82, 2.24) is 15.0 Å². The smallest absolute Gasteiger partial charge is 0.258 e. The van der Waals surface area contributed by atoms with Gasteiger partial charge in [0.25, 0.3) is 5.89 Å². The van der Waals surface area contributed by atoms with E-state index >= 15 is 0 Å². The fourth-order valence-corrected chi connectivity index (χ4v) is 5.29. The van der Waals surface area contributed by atoms with Gasteiger partial charge in [0.1, 0.15) is 5.75 Å². The van der Waals surface area contributed by atoms with Gasteiger partial charge in [-0.15, -0.1) is 0 Å². The average Bonchev–Trinajstić information content (AvgIpc) is 3.27. The van der Waals surface area contributed by atoms with Crippen LogP contribution < -0.4 is 4.74 Å². The molecule has 1 aliphatic heterocycles. The van der Waals surface area contributed by atoms with E-state index < -0.39 is 0 Å². The van der Waals surface area contributed by atoms with E-state index in [2.05, 4.69) is 16.2 Å². The number of aliphatic hydroxyl groups excluding tert-OH is 1. The first-order valence-corrected chi connectivity index (χ1v) is 11.7. The number of carbonyl (C=O) groups is 1. The molecule has 0 radical (unpaired) electrons. The van der Waals surface area contributed by atoms with Crippen molar-refractivity contribution in [3.8, 4) is 28.6 Å². The number of hydrogen-bond acceptors (Lipinski definition) is 6. The summed E-state index contributed by atoms with van der Waals surface area (Å²) in [6.07, 6.45) is 4.83. The van der Waals surface area contributed by atoms with E-state index in [0.29, 0.717) is 31.2 Å². The minimum atomic E-state index is -0.180. The summed E-state index contributed by atoms with van der Waals surface area (Å²) in [5.74, 6) is 2.75. The standard InChI is InChI=1S/C26H27N3O4/c30-13-12-29-16-26(14-23(29)31)11-10-20-21(2-1-3-22(20)26)24-27-25(33-28-24)18-6-8-19(9-7-18)32-15-17-4-5-17/h1-3,6-9,17,30H,4-5,10-16H2/t26-/m0/s1. The van der Waals surface area contributed by atoms with Gasteiger partial charge in [0.05, 0.1) is 13.2 Å². The Kier molecular flexibility index (Phi) is 4.94. The summed E-state index contributed by atoms with van der Waals surface area (Å²) in [6.45, 7) is 1.84. The third kappa shape index (κ3) is 3.70. The number of ether oxygens (including phenoxy) is 1. The largest absolute Gasteiger partial charge is 0.493 e. The second-order valence-corrected chi connectivity index (χ2v) is 9.53. The summed E-state index contributed by atoms with van der Waals surface area (Å²) in [5, 5.41) is 13.6. The predicted molar refractivity (Wildman–Crippen MR) is 122 cm³/mol. The Hall–Kier alpha value is -3.19. The molecule has 1 spiro atoms. The summed E-state index contributed by atoms with van der Waals surface area (Å²) in [5.41, 5.74) is 4.06. The number of fused-ring (bicyclic) bond motifs is 2. The number of aromatic nitrogens is 2. The van der Waals surface area contributed by atoms with Crippen LogP contribution in [0.2, 0.25) is 0 Å².